The normalized spacial score (nSPS) is 10.1. The van der Waals surface area contributed by atoms with Crippen LogP contribution in [0.5, 0.6) is 5.75 Å². The van der Waals surface area contributed by atoms with Gasteiger partial charge >= 0.3 is 0 Å². The van der Waals surface area contributed by atoms with Crippen molar-refractivity contribution < 1.29 is 4.74 Å². The molecular weight excluding hydrogens is 240 g/mol. The molecule has 0 spiro atoms. The molecule has 0 unspecified atom stereocenters. The number of hydrogen-bond acceptors (Lipinski definition) is 2. The highest BCUT2D eigenvalue weighted by Gasteiger charge is 2.01. The molecule has 2 aromatic rings. The number of thiocarbonyl (C=S) groups is 1. The maximum atomic E-state index is 5.44. The van der Waals surface area contributed by atoms with Gasteiger partial charge in [-0.1, -0.05) is 54.7 Å². The summed E-state index contributed by atoms with van der Waals surface area (Å²) in [7, 11) is 1.68. The Morgan fingerprint density at radius 3 is 2.28 bits per heavy atom. The van der Waals surface area contributed by atoms with Crippen LogP contribution >= 0.6 is 12.2 Å². The molecule has 2 heteroatoms. The molecule has 2 aromatic carbocycles. The van der Waals surface area contributed by atoms with Crippen molar-refractivity contribution in [1.29, 1.82) is 0 Å². The summed E-state index contributed by atoms with van der Waals surface area (Å²) in [5, 5.41) is 0. The van der Waals surface area contributed by atoms with E-state index in [1.807, 2.05) is 30.3 Å². The van der Waals surface area contributed by atoms with Crippen LogP contribution in [0.25, 0.3) is 0 Å². The lowest BCUT2D eigenvalue weighted by atomic mass is 10.0. The summed E-state index contributed by atoms with van der Waals surface area (Å²) in [6.07, 6.45) is 1.88. The zero-order valence-electron chi connectivity index (χ0n) is 10.4. The van der Waals surface area contributed by atoms with Crippen molar-refractivity contribution in [2.45, 2.75) is 12.8 Å². The highest BCUT2D eigenvalue weighted by Crippen LogP contribution is 2.14. The minimum Gasteiger partial charge on any atom is -0.497 e. The fourth-order valence-electron chi connectivity index (χ4n) is 1.82. The summed E-state index contributed by atoms with van der Waals surface area (Å²) >= 11 is 5.44. The third kappa shape index (κ3) is 3.41. The van der Waals surface area contributed by atoms with E-state index in [1.54, 1.807) is 7.11 Å². The van der Waals surface area contributed by atoms with Crippen molar-refractivity contribution in [1.82, 2.24) is 0 Å². The van der Waals surface area contributed by atoms with Crippen LogP contribution in [0.15, 0.2) is 54.6 Å². The van der Waals surface area contributed by atoms with Gasteiger partial charge in [0.25, 0.3) is 0 Å². The van der Waals surface area contributed by atoms with Crippen LogP contribution in [0.4, 0.5) is 0 Å². The Balaban J connectivity index is 1.93. The summed E-state index contributed by atoms with van der Waals surface area (Å²) in [6.45, 7) is 0. The second-order valence-electron chi connectivity index (χ2n) is 4.14. The van der Waals surface area contributed by atoms with E-state index in [2.05, 4.69) is 24.3 Å². The molecular formula is C16H16OS. The van der Waals surface area contributed by atoms with Gasteiger partial charge in [-0.15, -0.1) is 0 Å². The van der Waals surface area contributed by atoms with Crippen molar-refractivity contribution in [3.8, 4) is 5.75 Å². The van der Waals surface area contributed by atoms with Gasteiger partial charge < -0.3 is 4.74 Å². The van der Waals surface area contributed by atoms with Crippen LogP contribution in [0.3, 0.4) is 0 Å². The number of hydrogen-bond donors (Lipinski definition) is 0. The van der Waals surface area contributed by atoms with Crippen molar-refractivity contribution in [3.63, 3.8) is 0 Å². The Kier molecular flexibility index (Phi) is 4.48. The lowest BCUT2D eigenvalue weighted by Crippen LogP contribution is -1.99. The minimum atomic E-state index is 0.893. The molecule has 0 saturated heterocycles. The summed E-state index contributed by atoms with van der Waals surface area (Å²) < 4.78 is 5.14. The average Bonchev–Trinajstić information content (AvgIpc) is 2.46. The number of benzene rings is 2. The molecule has 0 aliphatic carbocycles. The van der Waals surface area contributed by atoms with Gasteiger partial charge in [0, 0.05) is 4.86 Å². The number of rotatable bonds is 5. The molecule has 0 atom stereocenters. The van der Waals surface area contributed by atoms with Gasteiger partial charge in [0.05, 0.1) is 7.11 Å². The molecule has 0 aromatic heterocycles. The standard InChI is InChI=1S/C16H16OS/c1-17-15-10-7-13(8-11-15)9-12-16(18)14-5-3-2-4-6-14/h2-8,10-11H,9,12H2,1H3. The van der Waals surface area contributed by atoms with E-state index in [0.717, 1.165) is 29.0 Å². The van der Waals surface area contributed by atoms with Gasteiger partial charge in [-0.05, 0) is 36.1 Å². The molecule has 0 N–H and O–H groups in total. The van der Waals surface area contributed by atoms with Gasteiger partial charge in [0.1, 0.15) is 5.75 Å². The van der Waals surface area contributed by atoms with E-state index < -0.39 is 0 Å². The lowest BCUT2D eigenvalue weighted by Gasteiger charge is -2.05. The van der Waals surface area contributed by atoms with Crippen LogP contribution in [-0.2, 0) is 6.42 Å². The predicted molar refractivity (Wildman–Crippen MR) is 79.5 cm³/mol. The Labute approximate surface area is 113 Å². The Morgan fingerprint density at radius 2 is 1.67 bits per heavy atom. The fraction of sp³-hybridized carbons (Fsp3) is 0.188. The molecule has 1 nitrogen and oxygen atoms in total. The SMILES string of the molecule is COc1ccc(CCC(=S)c2ccccc2)cc1. The number of methoxy groups -OCH3 is 1. The van der Waals surface area contributed by atoms with E-state index in [-0.39, 0.29) is 0 Å². The maximum Gasteiger partial charge on any atom is 0.118 e. The van der Waals surface area contributed by atoms with Gasteiger partial charge in [-0.3, -0.25) is 0 Å². The molecule has 0 radical (unpaired) electrons. The highest BCUT2D eigenvalue weighted by molar-refractivity contribution is 7.80. The van der Waals surface area contributed by atoms with Crippen LogP contribution < -0.4 is 4.74 Å². The molecule has 0 amide bonds. The first kappa shape index (κ1) is 12.8. The quantitative estimate of drug-likeness (QED) is 0.589. The lowest BCUT2D eigenvalue weighted by molar-refractivity contribution is 0.414. The van der Waals surface area contributed by atoms with Crippen LogP contribution in [0.2, 0.25) is 0 Å². The van der Waals surface area contributed by atoms with Crippen molar-refractivity contribution in [2.24, 2.45) is 0 Å². The smallest absolute Gasteiger partial charge is 0.118 e. The molecule has 0 aliphatic heterocycles. The van der Waals surface area contributed by atoms with Gasteiger partial charge in [-0.2, -0.15) is 0 Å². The molecule has 0 fully saturated rings. The minimum absolute atomic E-state index is 0.893. The van der Waals surface area contributed by atoms with Crippen molar-refractivity contribution >= 4 is 17.1 Å². The topological polar surface area (TPSA) is 9.23 Å². The van der Waals surface area contributed by atoms with Gasteiger partial charge in [0.15, 0.2) is 0 Å². The van der Waals surface area contributed by atoms with E-state index in [4.69, 9.17) is 17.0 Å². The Hall–Kier alpha value is -1.67. The third-order valence-corrected chi connectivity index (χ3v) is 3.34. The monoisotopic (exact) mass is 256 g/mol. The molecule has 0 saturated carbocycles. The Bertz CT molecular complexity index is 502. The largest absolute Gasteiger partial charge is 0.497 e. The van der Waals surface area contributed by atoms with E-state index >= 15 is 0 Å². The second kappa shape index (κ2) is 6.31. The van der Waals surface area contributed by atoms with E-state index in [0.29, 0.717) is 0 Å². The van der Waals surface area contributed by atoms with Crippen LogP contribution in [0, 0.1) is 0 Å². The third-order valence-electron chi connectivity index (χ3n) is 2.90. The van der Waals surface area contributed by atoms with E-state index in [1.165, 1.54) is 5.56 Å². The zero-order valence-corrected chi connectivity index (χ0v) is 11.2. The molecule has 0 bridgehead atoms. The molecule has 18 heavy (non-hydrogen) atoms. The molecule has 2 rings (SSSR count). The summed E-state index contributed by atoms with van der Waals surface area (Å²) in [4.78, 5) is 1.02. The van der Waals surface area contributed by atoms with Gasteiger partial charge in [0.2, 0.25) is 0 Å². The fourth-order valence-corrected chi connectivity index (χ4v) is 2.06. The van der Waals surface area contributed by atoms with Crippen LogP contribution in [-0.4, -0.2) is 12.0 Å². The number of aryl methyl sites for hydroxylation is 1. The first-order valence-electron chi connectivity index (χ1n) is 6.01. The van der Waals surface area contributed by atoms with E-state index in [9.17, 15) is 0 Å². The summed E-state index contributed by atoms with van der Waals surface area (Å²) in [5.74, 6) is 0.893. The first-order valence-corrected chi connectivity index (χ1v) is 6.41. The van der Waals surface area contributed by atoms with Crippen LogP contribution in [0.1, 0.15) is 17.5 Å². The summed E-state index contributed by atoms with van der Waals surface area (Å²) in [6, 6.07) is 18.3. The molecule has 92 valence electrons. The molecule has 0 heterocycles. The Morgan fingerprint density at radius 1 is 1.00 bits per heavy atom. The molecule has 0 aliphatic rings. The number of ether oxygens (including phenoxy) is 1. The zero-order chi connectivity index (χ0) is 12.8. The average molecular weight is 256 g/mol. The van der Waals surface area contributed by atoms with Crippen molar-refractivity contribution in [3.05, 3.63) is 65.7 Å². The first-order chi connectivity index (χ1) is 8.79. The van der Waals surface area contributed by atoms with Crippen molar-refractivity contribution in [2.75, 3.05) is 7.11 Å². The summed E-state index contributed by atoms with van der Waals surface area (Å²) in [5.41, 5.74) is 2.44. The highest BCUT2D eigenvalue weighted by atomic mass is 32.1. The predicted octanol–water partition coefficient (Wildman–Crippen LogP) is 4.05. The second-order valence-corrected chi connectivity index (χ2v) is 4.63. The maximum absolute atomic E-state index is 5.44. The van der Waals surface area contributed by atoms with Gasteiger partial charge in [-0.25, -0.2) is 0 Å².